The number of alkyl halides is 2. The van der Waals surface area contributed by atoms with E-state index >= 15 is 0 Å². The summed E-state index contributed by atoms with van der Waals surface area (Å²) in [6.45, 7) is 1.57. The molecule has 28 heteroatoms. The molecular weight excluding hydrogens is 1210 g/mol. The number of aromatic nitrogens is 10. The smallest absolute Gasteiger partial charge is 0.376 e. The zero-order chi connectivity index (χ0) is 57.8. The van der Waals surface area contributed by atoms with Gasteiger partial charge in [-0.15, -0.1) is 0 Å². The van der Waals surface area contributed by atoms with Crippen LogP contribution in [0, 0.1) is 0 Å². The number of nitrogens with one attached hydrogen (secondary N) is 2. The Morgan fingerprint density at radius 2 is 1.00 bits per heavy atom. The summed E-state index contributed by atoms with van der Waals surface area (Å²) in [5.74, 6) is -4.67. The summed E-state index contributed by atoms with van der Waals surface area (Å²) in [6, 6.07) is 18.0. The number of rotatable bonds is 14. The number of ketones is 2. The van der Waals surface area contributed by atoms with Crippen LogP contribution in [0.3, 0.4) is 0 Å². The minimum Gasteiger partial charge on any atom is -0.475 e. The van der Waals surface area contributed by atoms with Gasteiger partial charge in [-0.25, -0.2) is 48.3 Å². The van der Waals surface area contributed by atoms with Crippen molar-refractivity contribution >= 4 is 112 Å². The molecule has 10 rings (SSSR count). The van der Waals surface area contributed by atoms with Gasteiger partial charge in [0, 0.05) is 73.4 Å². The molecule has 2 aromatic carbocycles. The number of benzene rings is 2. The van der Waals surface area contributed by atoms with E-state index < -0.39 is 60.0 Å². The summed E-state index contributed by atoms with van der Waals surface area (Å²) in [7, 11) is 1.23. The number of anilines is 2. The van der Waals surface area contributed by atoms with Crippen LogP contribution in [0.15, 0.2) is 107 Å². The average Bonchev–Trinajstić information content (AvgIpc) is 4.25. The van der Waals surface area contributed by atoms with Gasteiger partial charge < -0.3 is 30.3 Å². The Morgan fingerprint density at radius 3 is 1.36 bits per heavy atom. The number of carboxylic acids is 1. The summed E-state index contributed by atoms with van der Waals surface area (Å²) in [6.07, 6.45) is 2.57. The molecule has 2 aliphatic rings. The first-order valence-electron chi connectivity index (χ1n) is 24.5. The van der Waals surface area contributed by atoms with Crippen molar-refractivity contribution in [3.8, 4) is 22.3 Å². The molecule has 430 valence electrons. The topological polar surface area (TPSA) is 310 Å². The lowest BCUT2D eigenvalue weighted by atomic mass is 10.0. The number of halogens is 4. The number of carboxylic acid groups (broad SMARTS) is 1. The van der Waals surface area contributed by atoms with Crippen molar-refractivity contribution in [1.82, 2.24) is 59.3 Å². The van der Waals surface area contributed by atoms with Crippen LogP contribution in [0.5, 0.6) is 0 Å². The molecule has 6 aromatic heterocycles. The second kappa shape index (κ2) is 26.2. The average molecular weight is 1270 g/mol. The minimum atomic E-state index is -1.38. The molecule has 0 spiro atoms. The first-order chi connectivity index (χ1) is 38.7. The molecule has 4 amide bonds. The lowest BCUT2D eigenvalue weighted by Gasteiger charge is -2.23. The van der Waals surface area contributed by atoms with Crippen molar-refractivity contribution in [1.29, 1.82) is 0 Å². The molecule has 0 unspecified atom stereocenters. The summed E-state index contributed by atoms with van der Waals surface area (Å²) in [5, 5.41) is 23.9. The lowest BCUT2D eigenvalue weighted by Crippen LogP contribution is -2.44. The van der Waals surface area contributed by atoms with Crippen molar-refractivity contribution in [2.45, 2.75) is 79.1 Å². The van der Waals surface area contributed by atoms with Crippen LogP contribution in [-0.4, -0.2) is 156 Å². The van der Waals surface area contributed by atoms with Gasteiger partial charge in [-0.2, -0.15) is 10.2 Å². The molecule has 8 heterocycles. The zero-order valence-electron chi connectivity index (χ0n) is 42.8. The summed E-state index contributed by atoms with van der Waals surface area (Å²) >= 11 is 6.46. The van der Waals surface area contributed by atoms with E-state index in [1.807, 2.05) is 0 Å². The van der Waals surface area contributed by atoms with Crippen LogP contribution in [0.25, 0.3) is 44.1 Å². The Bertz CT molecular complexity index is 3830. The maximum absolute atomic E-state index is 14.4. The van der Waals surface area contributed by atoms with E-state index in [9.17, 15) is 47.1 Å². The Labute approximate surface area is 488 Å². The Morgan fingerprint density at radius 1 is 0.602 bits per heavy atom. The summed E-state index contributed by atoms with van der Waals surface area (Å²) in [4.78, 5) is 126. The highest BCUT2D eigenvalue weighted by Gasteiger charge is 2.42. The fourth-order valence-corrected chi connectivity index (χ4v) is 9.86. The van der Waals surface area contributed by atoms with Gasteiger partial charge >= 0.3 is 11.9 Å². The third-order valence-electron chi connectivity index (χ3n) is 12.9. The number of fused-ring (bicyclic) bond motifs is 2. The predicted molar refractivity (Wildman–Crippen MR) is 304 cm³/mol. The minimum absolute atomic E-state index is 0. The first-order valence-corrected chi connectivity index (χ1v) is 26.1. The van der Waals surface area contributed by atoms with Crippen molar-refractivity contribution in [2.24, 2.45) is 0 Å². The molecule has 0 aliphatic carbocycles. The zero-order valence-corrected chi connectivity index (χ0v) is 46.0. The number of ether oxygens (including phenoxy) is 1. The molecule has 3 N–H and O–H groups in total. The van der Waals surface area contributed by atoms with Crippen LogP contribution < -0.4 is 10.6 Å². The molecule has 83 heavy (non-hydrogen) atoms. The number of likely N-dealkylation sites (tertiary alicyclic amines) is 2. The molecule has 8 aromatic rings. The number of hydrogen-bond donors (Lipinski definition) is 3. The standard InChI is InChI=1S/C27H23BrFN7O5.C26H21BrFN7O5.2CH4/c1-14(37)24-18-8-15(16-10-30-25(31-11-16)27(40)41-2)6-7-19(18)36(34-24)13-23(38)35-12-17(29)9-20(35)26(39)33-22-5-3-4-21(28)32-22;1-13(36)23-17-7-14(15-9-29-24(26(39)40)30-10-15)5-6-18(17)35(33-23)12-22(37)34-11-16(28)8-19(34)25(38)32-21-4-2-3-20(27)31-21;;/h3-8,10-11,17,20H,9,12-13H2,1-2H3,(H,32,33,39);2-7,9-10,16,19H,8,11-12H2,1H3,(H,39,40)(H,31,32,38);2*1H4/t17-,20+;16-,19+;;/m11../s1. The number of esters is 1. The maximum atomic E-state index is 14.4. The van der Waals surface area contributed by atoms with Gasteiger partial charge in [0.2, 0.25) is 35.3 Å². The third-order valence-corrected chi connectivity index (χ3v) is 13.8. The molecule has 4 atom stereocenters. The fourth-order valence-electron chi connectivity index (χ4n) is 9.17. The van der Waals surface area contributed by atoms with Crippen LogP contribution in [0.1, 0.15) is 83.8 Å². The number of Topliss-reactive ketones (excluding diaryl/α,β-unsaturated/α-hetero) is 2. The van der Waals surface area contributed by atoms with E-state index in [1.165, 1.54) is 64.9 Å². The molecule has 0 radical (unpaired) electrons. The van der Waals surface area contributed by atoms with Crippen molar-refractivity contribution in [3.63, 3.8) is 0 Å². The van der Waals surface area contributed by atoms with Gasteiger partial charge in [0.1, 0.15) is 69.7 Å². The SMILES string of the molecule is C.C.CC(=O)c1nn(CC(=O)N2C[C@H](F)C[C@H]2C(=O)Nc2cccc(Br)n2)c2ccc(-c3cnc(C(=O)O)nc3)cc12.COC(=O)c1ncc(-c2ccc3c(c2)c(C(C)=O)nn3CC(=O)N2C[C@H](F)C[C@H]2C(=O)Nc2cccc(Br)n2)cn1. The quantitative estimate of drug-likeness (QED) is 0.0535. The fraction of sp³-hybridized carbons (Fsp3) is 0.273. The molecule has 2 saturated heterocycles. The second-order valence-electron chi connectivity index (χ2n) is 18.4. The number of hydrogen-bond acceptors (Lipinski definition) is 17. The molecule has 0 saturated carbocycles. The van der Waals surface area contributed by atoms with Crippen LogP contribution in [0.2, 0.25) is 0 Å². The normalized spacial score (nSPS) is 16.2. The number of carbonyl (C=O) groups is 8. The van der Waals surface area contributed by atoms with Gasteiger partial charge in [-0.3, -0.25) is 38.1 Å². The predicted octanol–water partition coefficient (Wildman–Crippen LogP) is 7.62. The number of nitrogens with zero attached hydrogens (tertiary/aromatic N) is 12. The number of methoxy groups -OCH3 is 1. The Hall–Kier alpha value is -9.18. The summed E-state index contributed by atoms with van der Waals surface area (Å²) in [5.41, 5.74) is 3.59. The van der Waals surface area contributed by atoms with Gasteiger partial charge in [0.15, 0.2) is 11.6 Å². The third kappa shape index (κ3) is 13.8. The van der Waals surface area contributed by atoms with E-state index in [2.05, 4.69) is 87.3 Å². The molecular formula is C55H52Br2F2N14O10. The number of carbonyl (C=O) groups excluding carboxylic acids is 7. The number of pyridine rings is 2. The van der Waals surface area contributed by atoms with E-state index in [4.69, 9.17) is 5.11 Å². The molecule has 2 aliphatic heterocycles. The van der Waals surface area contributed by atoms with E-state index in [1.54, 1.807) is 72.8 Å². The van der Waals surface area contributed by atoms with E-state index in [0.29, 0.717) is 53.3 Å². The van der Waals surface area contributed by atoms with Crippen molar-refractivity contribution in [3.05, 3.63) is 130 Å². The van der Waals surface area contributed by atoms with Crippen molar-refractivity contribution in [2.75, 3.05) is 30.8 Å². The lowest BCUT2D eigenvalue weighted by molar-refractivity contribution is -0.137. The molecule has 2 fully saturated rings. The van der Waals surface area contributed by atoms with Crippen LogP contribution in [0.4, 0.5) is 20.4 Å². The maximum Gasteiger partial charge on any atom is 0.376 e. The van der Waals surface area contributed by atoms with Gasteiger partial charge in [0.25, 0.3) is 0 Å². The number of aromatic carboxylic acids is 1. The highest BCUT2D eigenvalue weighted by atomic mass is 79.9. The highest BCUT2D eigenvalue weighted by Crippen LogP contribution is 2.31. The number of amides is 4. The Balaban J connectivity index is 0.000000233. The van der Waals surface area contributed by atoms with Crippen LogP contribution >= 0.6 is 31.9 Å². The summed E-state index contributed by atoms with van der Waals surface area (Å²) < 4.78 is 37.2. The second-order valence-corrected chi connectivity index (χ2v) is 20.1. The van der Waals surface area contributed by atoms with Crippen molar-refractivity contribution < 1.29 is 57.0 Å². The van der Waals surface area contributed by atoms with Gasteiger partial charge in [-0.1, -0.05) is 39.1 Å². The van der Waals surface area contributed by atoms with E-state index in [-0.39, 0.29) is 100 Å². The van der Waals surface area contributed by atoms with E-state index in [0.717, 1.165) is 0 Å². The first kappa shape index (κ1) is 61.4. The Kier molecular flexibility index (Phi) is 19.4. The molecule has 24 nitrogen and oxygen atoms in total. The van der Waals surface area contributed by atoms with Gasteiger partial charge in [0.05, 0.1) is 31.2 Å². The monoisotopic (exact) mass is 1260 g/mol. The van der Waals surface area contributed by atoms with Crippen LogP contribution in [-0.2, 0) is 37.0 Å². The molecule has 0 bridgehead atoms. The largest absolute Gasteiger partial charge is 0.475 e. The highest BCUT2D eigenvalue weighted by molar-refractivity contribution is 9.10. The van der Waals surface area contributed by atoms with Gasteiger partial charge in [-0.05, 0) is 91.5 Å².